The second kappa shape index (κ2) is 7.29. The van der Waals surface area contributed by atoms with Crippen molar-refractivity contribution in [3.63, 3.8) is 0 Å². The number of primary sulfonamides is 1. The minimum absolute atomic E-state index is 0.0462. The molecule has 23 heavy (non-hydrogen) atoms. The van der Waals surface area contributed by atoms with Gasteiger partial charge in [-0.05, 0) is 44.4 Å². The number of ether oxygens (including phenoxy) is 1. The summed E-state index contributed by atoms with van der Waals surface area (Å²) in [7, 11) is -3.71. The number of nitrogens with two attached hydrogens (primary N) is 1. The van der Waals surface area contributed by atoms with Crippen LogP contribution in [0.3, 0.4) is 0 Å². The van der Waals surface area contributed by atoms with Crippen molar-refractivity contribution in [2.24, 2.45) is 5.14 Å². The minimum atomic E-state index is -3.71. The molecule has 0 unspecified atom stereocenters. The van der Waals surface area contributed by atoms with Crippen molar-refractivity contribution in [3.05, 3.63) is 29.8 Å². The fourth-order valence-electron chi connectivity index (χ4n) is 2.56. The maximum absolute atomic E-state index is 12.0. The molecule has 7 nitrogen and oxygen atoms in total. The first-order valence-electron chi connectivity index (χ1n) is 7.59. The summed E-state index contributed by atoms with van der Waals surface area (Å²) in [5, 5.41) is 10.7. The monoisotopic (exact) mass is 341 g/mol. The van der Waals surface area contributed by atoms with Crippen LogP contribution >= 0.6 is 0 Å². The molecular formula is C15H23N3O4S. The summed E-state index contributed by atoms with van der Waals surface area (Å²) < 4.78 is 28.0. The molecule has 0 spiro atoms. The van der Waals surface area contributed by atoms with Gasteiger partial charge in [0.1, 0.15) is 0 Å². The number of benzene rings is 1. The maximum atomic E-state index is 12.0. The Kier molecular flexibility index (Phi) is 5.61. The van der Waals surface area contributed by atoms with Crippen molar-refractivity contribution >= 4 is 16.1 Å². The number of carbonyl (C=O) groups excluding carboxylic acids is 1. The number of hydrogen-bond acceptors (Lipinski definition) is 4. The molecule has 1 saturated heterocycles. The van der Waals surface area contributed by atoms with E-state index in [9.17, 15) is 13.2 Å². The minimum Gasteiger partial charge on any atom is -0.376 e. The number of nitrogens with one attached hydrogen (secondary N) is 2. The molecule has 0 bridgehead atoms. The number of sulfonamides is 1. The van der Waals surface area contributed by atoms with Gasteiger partial charge in [-0.15, -0.1) is 0 Å². The number of urea groups is 1. The first-order chi connectivity index (χ1) is 10.8. The fraction of sp³-hybridized carbons (Fsp3) is 0.533. The number of carbonyl (C=O) groups is 1. The van der Waals surface area contributed by atoms with Crippen LogP contribution in [-0.4, -0.2) is 33.2 Å². The highest BCUT2D eigenvalue weighted by molar-refractivity contribution is 7.89. The Bertz CT molecular complexity index is 639. The first-order valence-corrected chi connectivity index (χ1v) is 9.13. The van der Waals surface area contributed by atoms with E-state index >= 15 is 0 Å². The maximum Gasteiger partial charge on any atom is 0.315 e. The van der Waals surface area contributed by atoms with Gasteiger partial charge in [-0.2, -0.15) is 0 Å². The lowest BCUT2D eigenvalue weighted by molar-refractivity contribution is 0.0859. The van der Waals surface area contributed by atoms with E-state index in [4.69, 9.17) is 9.88 Å². The first kappa shape index (κ1) is 17.7. The van der Waals surface area contributed by atoms with E-state index in [1.54, 1.807) is 12.1 Å². The second-order valence-corrected chi connectivity index (χ2v) is 7.36. The van der Waals surface area contributed by atoms with E-state index in [0.717, 1.165) is 25.0 Å². The summed E-state index contributed by atoms with van der Waals surface area (Å²) in [6, 6.07) is 5.51. The van der Waals surface area contributed by atoms with Crippen LogP contribution in [0.2, 0.25) is 0 Å². The highest BCUT2D eigenvalue weighted by Crippen LogP contribution is 2.17. The quantitative estimate of drug-likeness (QED) is 0.749. The topological polar surface area (TPSA) is 111 Å². The average Bonchev–Trinajstić information content (AvgIpc) is 3.00. The van der Waals surface area contributed by atoms with Gasteiger partial charge in [-0.25, -0.2) is 18.4 Å². The summed E-state index contributed by atoms with van der Waals surface area (Å²) in [4.78, 5) is 12.1. The van der Waals surface area contributed by atoms with Crippen molar-refractivity contribution in [1.82, 2.24) is 10.6 Å². The molecule has 1 fully saturated rings. The molecule has 1 aromatic rings. The second-order valence-electron chi connectivity index (χ2n) is 5.79. The highest BCUT2D eigenvalue weighted by atomic mass is 32.2. The van der Waals surface area contributed by atoms with E-state index in [2.05, 4.69) is 10.6 Å². The number of hydrogen-bond donors (Lipinski definition) is 3. The lowest BCUT2D eigenvalue weighted by Crippen LogP contribution is -2.46. The van der Waals surface area contributed by atoms with Crippen molar-refractivity contribution < 1.29 is 17.9 Å². The smallest absolute Gasteiger partial charge is 0.315 e. The summed E-state index contributed by atoms with van der Waals surface area (Å²) in [5.41, 5.74) is 0.789. The third kappa shape index (κ3) is 4.92. The SMILES string of the molecule is C[C@H](NC(=O)N[C@@H](C)[C@H]1CCCO1)c1ccc(S(N)(=O)=O)cc1. The molecule has 4 N–H and O–H groups in total. The van der Waals surface area contributed by atoms with Crippen LogP contribution in [0, 0.1) is 0 Å². The van der Waals surface area contributed by atoms with Gasteiger partial charge in [-0.1, -0.05) is 12.1 Å². The lowest BCUT2D eigenvalue weighted by Gasteiger charge is -2.22. The zero-order valence-corrected chi connectivity index (χ0v) is 14.1. The highest BCUT2D eigenvalue weighted by Gasteiger charge is 2.24. The normalized spacial score (nSPS) is 20.7. The molecule has 1 aliphatic heterocycles. The van der Waals surface area contributed by atoms with Crippen LogP contribution in [-0.2, 0) is 14.8 Å². The predicted molar refractivity (Wildman–Crippen MR) is 86.3 cm³/mol. The van der Waals surface area contributed by atoms with Gasteiger partial charge < -0.3 is 15.4 Å². The van der Waals surface area contributed by atoms with Crippen LogP contribution in [0.4, 0.5) is 4.79 Å². The molecule has 0 saturated carbocycles. The third-order valence-corrected chi connectivity index (χ3v) is 4.87. The van der Waals surface area contributed by atoms with Gasteiger partial charge in [0.2, 0.25) is 10.0 Å². The summed E-state index contributed by atoms with van der Waals surface area (Å²) in [5.74, 6) is 0. The van der Waals surface area contributed by atoms with Gasteiger partial charge in [0.05, 0.1) is 23.1 Å². The lowest BCUT2D eigenvalue weighted by atomic mass is 10.1. The van der Waals surface area contributed by atoms with Crippen LogP contribution in [0.15, 0.2) is 29.2 Å². The van der Waals surface area contributed by atoms with E-state index in [1.165, 1.54) is 12.1 Å². The molecule has 0 radical (unpaired) electrons. The molecule has 1 heterocycles. The molecule has 128 valence electrons. The Hall–Kier alpha value is -1.64. The Morgan fingerprint density at radius 2 is 1.91 bits per heavy atom. The Morgan fingerprint density at radius 1 is 1.26 bits per heavy atom. The van der Waals surface area contributed by atoms with Gasteiger partial charge in [0.25, 0.3) is 0 Å². The standard InChI is InChI=1S/C15H23N3O4S/c1-10(12-5-7-13(8-6-12)23(16,20)21)17-15(19)18-11(2)14-4-3-9-22-14/h5-8,10-11,14H,3-4,9H2,1-2H3,(H2,16,20,21)(H2,17,18,19)/t10-,11-,14+/m0/s1. The van der Waals surface area contributed by atoms with Crippen molar-refractivity contribution in [2.75, 3.05) is 6.61 Å². The zero-order valence-electron chi connectivity index (χ0n) is 13.3. The third-order valence-electron chi connectivity index (χ3n) is 3.94. The molecule has 1 aromatic carbocycles. The number of rotatable bonds is 5. The van der Waals surface area contributed by atoms with Crippen LogP contribution in [0.1, 0.15) is 38.3 Å². The summed E-state index contributed by atoms with van der Waals surface area (Å²) in [6.07, 6.45) is 2.03. The van der Waals surface area contributed by atoms with Crippen molar-refractivity contribution in [2.45, 2.75) is 49.8 Å². The molecule has 2 amide bonds. The number of amides is 2. The largest absolute Gasteiger partial charge is 0.376 e. The Balaban J connectivity index is 1.90. The van der Waals surface area contributed by atoms with Crippen LogP contribution < -0.4 is 15.8 Å². The van der Waals surface area contributed by atoms with Gasteiger partial charge in [0, 0.05) is 6.61 Å². The molecule has 0 aliphatic carbocycles. The molecule has 8 heteroatoms. The van der Waals surface area contributed by atoms with Gasteiger partial charge in [0.15, 0.2) is 0 Å². The molecule has 1 aliphatic rings. The molecule has 3 atom stereocenters. The summed E-state index contributed by atoms with van der Waals surface area (Å²) in [6.45, 7) is 4.48. The van der Waals surface area contributed by atoms with Crippen molar-refractivity contribution in [1.29, 1.82) is 0 Å². The molecular weight excluding hydrogens is 318 g/mol. The van der Waals surface area contributed by atoms with Crippen molar-refractivity contribution in [3.8, 4) is 0 Å². The zero-order chi connectivity index (χ0) is 17.0. The predicted octanol–water partition coefficient (Wildman–Crippen LogP) is 1.26. The fourth-order valence-corrected chi connectivity index (χ4v) is 3.08. The molecule has 2 rings (SSSR count). The Labute approximate surface area is 136 Å². The van der Waals surface area contributed by atoms with Crippen LogP contribution in [0.5, 0.6) is 0 Å². The Morgan fingerprint density at radius 3 is 2.43 bits per heavy atom. The van der Waals surface area contributed by atoms with Gasteiger partial charge >= 0.3 is 6.03 Å². The van der Waals surface area contributed by atoms with E-state index in [0.29, 0.717) is 0 Å². The molecule has 0 aromatic heterocycles. The van der Waals surface area contributed by atoms with Crippen LogP contribution in [0.25, 0.3) is 0 Å². The summed E-state index contributed by atoms with van der Waals surface area (Å²) >= 11 is 0. The van der Waals surface area contributed by atoms with E-state index in [1.807, 2.05) is 13.8 Å². The van der Waals surface area contributed by atoms with E-state index < -0.39 is 10.0 Å². The van der Waals surface area contributed by atoms with Gasteiger partial charge in [-0.3, -0.25) is 0 Å². The van der Waals surface area contributed by atoms with E-state index in [-0.39, 0.29) is 29.1 Å². The average molecular weight is 341 g/mol.